The SMILES string of the molecule is C[C@@H]1C[C@@H](O[Si](C)(C)C(C)(C)C)[C@H](CN=[N+]=[N-])O[C@@H]1COCc1ccccc1. The quantitative estimate of drug-likeness (QED) is 0.241. The van der Waals surface area contributed by atoms with E-state index in [1.54, 1.807) is 0 Å². The first-order valence-corrected chi connectivity index (χ1v) is 13.0. The average Bonchev–Trinajstić information content (AvgIpc) is 2.62. The third-order valence-corrected chi connectivity index (χ3v) is 10.5. The van der Waals surface area contributed by atoms with Gasteiger partial charge in [-0.05, 0) is 41.6 Å². The van der Waals surface area contributed by atoms with Crippen LogP contribution in [-0.2, 0) is 20.5 Å². The van der Waals surface area contributed by atoms with Crippen molar-refractivity contribution < 1.29 is 13.9 Å². The van der Waals surface area contributed by atoms with Gasteiger partial charge in [-0.3, -0.25) is 0 Å². The lowest BCUT2D eigenvalue weighted by molar-refractivity contribution is -0.153. The molecule has 1 aromatic rings. The third-order valence-electron chi connectivity index (χ3n) is 5.97. The van der Waals surface area contributed by atoms with Gasteiger partial charge < -0.3 is 13.9 Å². The fraction of sp³-hybridized carbons (Fsp3) is 0.714. The molecule has 1 aliphatic rings. The number of hydrogen-bond donors (Lipinski definition) is 0. The molecule has 6 nitrogen and oxygen atoms in total. The van der Waals surface area contributed by atoms with E-state index in [1.165, 1.54) is 0 Å². The summed E-state index contributed by atoms with van der Waals surface area (Å²) in [6, 6.07) is 10.1. The van der Waals surface area contributed by atoms with Gasteiger partial charge in [-0.2, -0.15) is 0 Å². The van der Waals surface area contributed by atoms with Crippen molar-refractivity contribution >= 4 is 8.32 Å². The Hall–Kier alpha value is -1.37. The Labute approximate surface area is 170 Å². The van der Waals surface area contributed by atoms with Crippen LogP contribution in [0.2, 0.25) is 18.1 Å². The van der Waals surface area contributed by atoms with Gasteiger partial charge in [0.15, 0.2) is 8.32 Å². The maximum Gasteiger partial charge on any atom is 0.192 e. The van der Waals surface area contributed by atoms with Gasteiger partial charge in [0.2, 0.25) is 0 Å². The van der Waals surface area contributed by atoms with Crippen LogP contribution in [0, 0.1) is 5.92 Å². The Balaban J connectivity index is 1.99. The van der Waals surface area contributed by atoms with E-state index in [4.69, 9.17) is 19.4 Å². The number of ether oxygens (including phenoxy) is 2. The molecule has 1 heterocycles. The van der Waals surface area contributed by atoms with Crippen LogP contribution in [0.25, 0.3) is 10.4 Å². The van der Waals surface area contributed by atoms with Crippen LogP contribution in [0.5, 0.6) is 0 Å². The lowest BCUT2D eigenvalue weighted by Crippen LogP contribution is -2.53. The molecule has 0 saturated carbocycles. The first-order chi connectivity index (χ1) is 13.1. The van der Waals surface area contributed by atoms with E-state index in [2.05, 4.69) is 62.9 Å². The van der Waals surface area contributed by atoms with E-state index in [0.717, 1.165) is 12.0 Å². The number of hydrogen-bond acceptors (Lipinski definition) is 4. The van der Waals surface area contributed by atoms with Gasteiger partial charge in [-0.15, -0.1) is 0 Å². The van der Waals surface area contributed by atoms with E-state index in [9.17, 15) is 0 Å². The second kappa shape index (κ2) is 9.90. The largest absolute Gasteiger partial charge is 0.411 e. The number of azide groups is 1. The molecule has 1 fully saturated rings. The smallest absolute Gasteiger partial charge is 0.192 e. The minimum Gasteiger partial charge on any atom is -0.411 e. The molecule has 0 bridgehead atoms. The van der Waals surface area contributed by atoms with E-state index in [0.29, 0.717) is 19.1 Å². The second-order valence-corrected chi connectivity index (χ2v) is 14.0. The highest BCUT2D eigenvalue weighted by molar-refractivity contribution is 6.74. The van der Waals surface area contributed by atoms with Crippen LogP contribution in [0.1, 0.15) is 39.7 Å². The summed E-state index contributed by atoms with van der Waals surface area (Å²) in [4.78, 5) is 2.92. The Morgan fingerprint density at radius 3 is 2.50 bits per heavy atom. The molecule has 7 heteroatoms. The first-order valence-electron chi connectivity index (χ1n) is 10.1. The van der Waals surface area contributed by atoms with Crippen LogP contribution in [0.4, 0.5) is 0 Å². The van der Waals surface area contributed by atoms with Gasteiger partial charge in [0.05, 0.1) is 38.1 Å². The fourth-order valence-electron chi connectivity index (χ4n) is 3.14. The molecule has 0 radical (unpaired) electrons. The molecule has 4 atom stereocenters. The summed E-state index contributed by atoms with van der Waals surface area (Å²) in [5, 5.41) is 3.90. The van der Waals surface area contributed by atoms with Crippen molar-refractivity contribution in [2.24, 2.45) is 11.0 Å². The third kappa shape index (κ3) is 6.32. The van der Waals surface area contributed by atoms with E-state index in [1.807, 2.05) is 18.2 Å². The maximum absolute atomic E-state index is 8.78. The predicted octanol–water partition coefficient (Wildman–Crippen LogP) is 5.70. The summed E-state index contributed by atoms with van der Waals surface area (Å²) < 4.78 is 18.9. The van der Waals surface area contributed by atoms with Gasteiger partial charge in [-0.25, -0.2) is 0 Å². The van der Waals surface area contributed by atoms with Crippen LogP contribution in [-0.4, -0.2) is 39.8 Å². The predicted molar refractivity (Wildman–Crippen MR) is 115 cm³/mol. The molecule has 0 aliphatic carbocycles. The molecule has 28 heavy (non-hydrogen) atoms. The molecule has 0 aromatic heterocycles. The van der Waals surface area contributed by atoms with Crippen molar-refractivity contribution in [3.8, 4) is 0 Å². The Kier molecular flexibility index (Phi) is 8.10. The van der Waals surface area contributed by atoms with Gasteiger partial charge in [0, 0.05) is 4.91 Å². The zero-order chi connectivity index (χ0) is 20.8. The molecule has 1 aliphatic heterocycles. The van der Waals surface area contributed by atoms with Crippen LogP contribution < -0.4 is 0 Å². The summed E-state index contributed by atoms with van der Waals surface area (Å²) in [7, 11) is -1.94. The molecule has 156 valence electrons. The standard InChI is InChI=1S/C21H35N3O3Si/c1-16-12-18(27-28(5,6)21(2,3)4)19(13-23-24-22)26-20(16)15-25-14-17-10-8-7-9-11-17/h7-11,16,18-20H,12-15H2,1-6H3/t16-,18-,19+,20-/m1/s1. The number of benzene rings is 1. The summed E-state index contributed by atoms with van der Waals surface area (Å²) in [5.74, 6) is 0.313. The topological polar surface area (TPSA) is 76.5 Å². The number of nitrogens with zero attached hydrogens (tertiary/aromatic N) is 3. The molecule has 2 rings (SSSR count). The maximum atomic E-state index is 8.78. The van der Waals surface area contributed by atoms with Crippen LogP contribution in [0.3, 0.4) is 0 Å². The summed E-state index contributed by atoms with van der Waals surface area (Å²) in [5.41, 5.74) is 9.93. The molecule has 1 aromatic carbocycles. The van der Waals surface area contributed by atoms with E-state index < -0.39 is 8.32 Å². The van der Waals surface area contributed by atoms with Crippen molar-refractivity contribution in [1.82, 2.24) is 0 Å². The highest BCUT2D eigenvalue weighted by Gasteiger charge is 2.44. The van der Waals surface area contributed by atoms with Crippen molar-refractivity contribution in [1.29, 1.82) is 0 Å². The molecule has 1 saturated heterocycles. The minimum atomic E-state index is -1.94. The monoisotopic (exact) mass is 405 g/mol. The van der Waals surface area contributed by atoms with Crippen molar-refractivity contribution in [3.63, 3.8) is 0 Å². The molecule has 0 unspecified atom stereocenters. The second-order valence-electron chi connectivity index (χ2n) is 9.26. The Morgan fingerprint density at radius 1 is 1.21 bits per heavy atom. The van der Waals surface area contributed by atoms with Gasteiger partial charge in [0.25, 0.3) is 0 Å². The Bertz CT molecular complexity index is 657. The van der Waals surface area contributed by atoms with Crippen LogP contribution >= 0.6 is 0 Å². The lowest BCUT2D eigenvalue weighted by atomic mass is 9.91. The average molecular weight is 406 g/mol. The molecular formula is C21H35N3O3Si. The highest BCUT2D eigenvalue weighted by atomic mass is 28.4. The van der Waals surface area contributed by atoms with Gasteiger partial charge >= 0.3 is 0 Å². The first kappa shape index (κ1) is 22.9. The summed E-state index contributed by atoms with van der Waals surface area (Å²) in [6.07, 6.45) is 0.581. The number of rotatable bonds is 8. The van der Waals surface area contributed by atoms with E-state index in [-0.39, 0.29) is 29.9 Å². The zero-order valence-electron chi connectivity index (χ0n) is 18.1. The molecule has 0 amide bonds. The fourth-order valence-corrected chi connectivity index (χ4v) is 4.50. The normalized spacial score (nSPS) is 25.9. The highest BCUT2D eigenvalue weighted by Crippen LogP contribution is 2.40. The lowest BCUT2D eigenvalue weighted by Gasteiger charge is -2.46. The summed E-state index contributed by atoms with van der Waals surface area (Å²) in [6.45, 7) is 14.8. The van der Waals surface area contributed by atoms with Crippen molar-refractivity contribution in [3.05, 3.63) is 46.3 Å². The zero-order valence-corrected chi connectivity index (χ0v) is 19.1. The van der Waals surface area contributed by atoms with E-state index >= 15 is 0 Å². The minimum absolute atomic E-state index is 0.0260. The molecular weight excluding hydrogens is 370 g/mol. The Morgan fingerprint density at radius 2 is 1.89 bits per heavy atom. The van der Waals surface area contributed by atoms with Crippen molar-refractivity contribution in [2.45, 2.75) is 77.2 Å². The van der Waals surface area contributed by atoms with Crippen molar-refractivity contribution in [2.75, 3.05) is 13.2 Å². The van der Waals surface area contributed by atoms with Gasteiger partial charge in [-0.1, -0.05) is 63.1 Å². The van der Waals surface area contributed by atoms with Crippen LogP contribution in [0.15, 0.2) is 35.4 Å². The summed E-state index contributed by atoms with van der Waals surface area (Å²) >= 11 is 0. The van der Waals surface area contributed by atoms with Gasteiger partial charge in [0.1, 0.15) is 0 Å². The molecule has 0 N–H and O–H groups in total. The molecule has 0 spiro atoms.